The fourth-order valence-corrected chi connectivity index (χ4v) is 2.99. The molecule has 5 nitrogen and oxygen atoms in total. The van der Waals surface area contributed by atoms with Crippen LogP contribution in [0.3, 0.4) is 0 Å². The number of nitrogens with zero attached hydrogens (tertiary/aromatic N) is 1. The second kappa shape index (κ2) is 4.75. The fourth-order valence-electron chi connectivity index (χ4n) is 1.44. The van der Waals surface area contributed by atoms with Gasteiger partial charge in [0.2, 0.25) is 0 Å². The third kappa shape index (κ3) is 1.90. The second-order valence-electron chi connectivity index (χ2n) is 2.94. The van der Waals surface area contributed by atoms with Crippen LogP contribution in [-0.4, -0.2) is 44.4 Å². The quantitative estimate of drug-likeness (QED) is 0.527. The number of carbonyl (C=O) groups is 1. The molecule has 0 rings (SSSR count). The molecule has 0 aliphatic rings. The lowest BCUT2D eigenvalue weighted by molar-refractivity contribution is -0.799. The average molecular weight is 224 g/mol. The smallest absolute Gasteiger partial charge is 0.453 e. The van der Waals surface area contributed by atoms with Crippen molar-refractivity contribution >= 4 is 15.3 Å². The van der Waals surface area contributed by atoms with Crippen LogP contribution in [0, 0.1) is 0 Å². The first-order chi connectivity index (χ1) is 6.41. The number of hydrogen-bond acceptors (Lipinski definition) is 4. The Hall–Kier alpha value is -0.620. The summed E-state index contributed by atoms with van der Waals surface area (Å²) in [5.74, 6) is 0. The molecule has 0 aromatic carbocycles. The van der Waals surface area contributed by atoms with Gasteiger partial charge in [0, 0.05) is 0 Å². The summed E-state index contributed by atoms with van der Waals surface area (Å²) in [5, 5.41) is -1.15. The first-order valence-corrected chi connectivity index (χ1v) is 6.05. The van der Waals surface area contributed by atoms with Crippen LogP contribution in [0.25, 0.3) is 0 Å². The van der Waals surface area contributed by atoms with Crippen molar-refractivity contribution in [3.63, 3.8) is 0 Å². The van der Waals surface area contributed by atoms with Crippen molar-refractivity contribution in [1.29, 1.82) is 0 Å². The summed E-state index contributed by atoms with van der Waals surface area (Å²) in [5.41, 5.74) is 0. The van der Waals surface area contributed by atoms with Crippen LogP contribution >= 0.6 is 0 Å². The van der Waals surface area contributed by atoms with Gasteiger partial charge in [-0.15, -0.1) is 0 Å². The maximum atomic E-state index is 11.8. The predicted octanol–water partition coefficient (Wildman–Crippen LogP) is 0.959. The zero-order valence-corrected chi connectivity index (χ0v) is 9.93. The van der Waals surface area contributed by atoms with Gasteiger partial charge >= 0.3 is 15.3 Å². The highest BCUT2D eigenvalue weighted by Crippen LogP contribution is 2.16. The third-order valence-corrected chi connectivity index (χ3v) is 5.00. The number of methoxy groups -OCH3 is 1. The number of ether oxygens (including phenoxy) is 1. The van der Waals surface area contributed by atoms with E-state index in [4.69, 9.17) is 0 Å². The van der Waals surface area contributed by atoms with E-state index >= 15 is 0 Å². The first-order valence-electron chi connectivity index (χ1n) is 4.61. The molecule has 0 atom stereocenters. The minimum absolute atomic E-state index is 0.250. The topological polar surface area (TPSA) is 60.4 Å². The average Bonchev–Trinajstić information content (AvgIpc) is 2.19. The molecular formula is C8H18NO4S+. The zero-order valence-electron chi connectivity index (χ0n) is 9.11. The summed E-state index contributed by atoms with van der Waals surface area (Å²) >= 11 is 0. The number of carbonyl (C=O) groups excluding carboxylic acids is 1. The van der Waals surface area contributed by atoms with Crippen LogP contribution in [0.4, 0.5) is 4.79 Å². The lowest BCUT2D eigenvalue weighted by atomic mass is 10.5. The van der Waals surface area contributed by atoms with Crippen molar-refractivity contribution in [3.8, 4) is 0 Å². The summed E-state index contributed by atoms with van der Waals surface area (Å²) < 4.78 is 27.6. The van der Waals surface area contributed by atoms with Gasteiger partial charge < -0.3 is 4.74 Å². The standard InChI is InChI=1S/C8H18NO4S/c1-5-9(6-2,7-3)14(11,12)8(10)13-4/h5-7H2,1-4H3/q+1. The summed E-state index contributed by atoms with van der Waals surface area (Å²) in [6, 6.07) is 0. The van der Waals surface area contributed by atoms with Crippen LogP contribution in [0.2, 0.25) is 0 Å². The molecule has 0 radical (unpaired) electrons. The molecule has 0 amide bonds. The maximum Gasteiger partial charge on any atom is 0.479 e. The molecule has 0 saturated heterocycles. The molecule has 0 N–H and O–H groups in total. The molecule has 0 fully saturated rings. The van der Waals surface area contributed by atoms with Gasteiger partial charge in [0.1, 0.15) is 0 Å². The maximum absolute atomic E-state index is 11.8. The van der Waals surface area contributed by atoms with Crippen LogP contribution in [-0.2, 0) is 14.8 Å². The molecule has 0 bridgehead atoms. The van der Waals surface area contributed by atoms with Gasteiger partial charge in [0.25, 0.3) is 0 Å². The third-order valence-electron chi connectivity index (χ3n) is 2.62. The lowest BCUT2D eigenvalue weighted by Gasteiger charge is -2.31. The first kappa shape index (κ1) is 13.4. The summed E-state index contributed by atoms with van der Waals surface area (Å²) in [7, 11) is -2.81. The fraction of sp³-hybridized carbons (Fsp3) is 0.875. The Kier molecular flexibility index (Phi) is 4.54. The number of rotatable bonds is 4. The molecule has 6 heteroatoms. The summed E-state index contributed by atoms with van der Waals surface area (Å²) in [6.45, 7) is 6.33. The molecule has 0 heterocycles. The van der Waals surface area contributed by atoms with Gasteiger partial charge in [0.05, 0.1) is 26.7 Å². The zero-order chi connectivity index (χ0) is 11.4. The number of sulfonamides is 1. The Morgan fingerprint density at radius 2 is 1.50 bits per heavy atom. The van der Waals surface area contributed by atoms with Crippen molar-refractivity contribution in [2.75, 3.05) is 26.7 Å². The van der Waals surface area contributed by atoms with E-state index in [1.54, 1.807) is 20.8 Å². The van der Waals surface area contributed by atoms with Crippen LogP contribution in [0.15, 0.2) is 0 Å². The Morgan fingerprint density at radius 1 is 1.14 bits per heavy atom. The van der Waals surface area contributed by atoms with Gasteiger partial charge in [-0.25, -0.2) is 8.68 Å². The largest absolute Gasteiger partial charge is 0.479 e. The second-order valence-corrected chi connectivity index (χ2v) is 4.99. The van der Waals surface area contributed by atoms with Gasteiger partial charge in [-0.3, -0.25) is 0 Å². The van der Waals surface area contributed by atoms with Crippen molar-refractivity contribution in [2.24, 2.45) is 0 Å². The normalized spacial score (nSPS) is 12.6. The van der Waals surface area contributed by atoms with Crippen molar-refractivity contribution in [2.45, 2.75) is 20.8 Å². The Balaban J connectivity index is 5.31. The van der Waals surface area contributed by atoms with Crippen molar-refractivity contribution in [3.05, 3.63) is 0 Å². The minimum Gasteiger partial charge on any atom is -0.453 e. The molecule has 0 saturated carbocycles. The molecule has 0 aliphatic carbocycles. The van der Waals surface area contributed by atoms with E-state index in [-0.39, 0.29) is 3.89 Å². The van der Waals surface area contributed by atoms with Gasteiger partial charge in [-0.1, -0.05) is 0 Å². The molecule has 0 aromatic rings. The number of quaternary nitrogens is 1. The Bertz CT molecular complexity index is 284. The van der Waals surface area contributed by atoms with Crippen LogP contribution < -0.4 is 0 Å². The van der Waals surface area contributed by atoms with Crippen LogP contribution in [0.5, 0.6) is 0 Å². The van der Waals surface area contributed by atoms with E-state index in [1.807, 2.05) is 0 Å². The molecule has 0 spiro atoms. The molecule has 0 unspecified atom stereocenters. The highest BCUT2D eigenvalue weighted by Gasteiger charge is 2.44. The molecular weight excluding hydrogens is 206 g/mol. The minimum atomic E-state index is -3.89. The van der Waals surface area contributed by atoms with Crippen LogP contribution in [0.1, 0.15) is 20.8 Å². The Morgan fingerprint density at radius 3 is 1.71 bits per heavy atom. The lowest BCUT2D eigenvalue weighted by Crippen LogP contribution is -2.54. The Labute approximate surface area is 85.3 Å². The van der Waals surface area contributed by atoms with E-state index in [9.17, 15) is 13.2 Å². The van der Waals surface area contributed by atoms with E-state index in [1.165, 1.54) is 0 Å². The molecule has 0 aromatic heterocycles. The van der Waals surface area contributed by atoms with Gasteiger partial charge in [-0.05, 0) is 20.8 Å². The van der Waals surface area contributed by atoms with Gasteiger partial charge in [-0.2, -0.15) is 8.42 Å². The van der Waals surface area contributed by atoms with E-state index < -0.39 is 15.3 Å². The molecule has 0 aliphatic heterocycles. The monoisotopic (exact) mass is 224 g/mol. The highest BCUT2D eigenvalue weighted by atomic mass is 32.2. The molecule has 14 heavy (non-hydrogen) atoms. The van der Waals surface area contributed by atoms with E-state index in [2.05, 4.69) is 4.74 Å². The number of hydrogen-bond donors (Lipinski definition) is 0. The van der Waals surface area contributed by atoms with E-state index in [0.29, 0.717) is 19.6 Å². The SMILES string of the molecule is CC[N+](CC)(CC)S(=O)(=O)C(=O)OC. The van der Waals surface area contributed by atoms with E-state index in [0.717, 1.165) is 7.11 Å². The molecule has 84 valence electrons. The van der Waals surface area contributed by atoms with Crippen molar-refractivity contribution < 1.29 is 21.8 Å². The van der Waals surface area contributed by atoms with Gasteiger partial charge in [0.15, 0.2) is 0 Å². The predicted molar refractivity (Wildman–Crippen MR) is 53.2 cm³/mol. The highest BCUT2D eigenvalue weighted by molar-refractivity contribution is 8.00. The summed E-state index contributed by atoms with van der Waals surface area (Å²) in [4.78, 5) is 11.1. The van der Waals surface area contributed by atoms with Crippen molar-refractivity contribution in [1.82, 2.24) is 0 Å². The summed E-state index contributed by atoms with van der Waals surface area (Å²) in [6.07, 6.45) is 0.